The van der Waals surface area contributed by atoms with Crippen molar-refractivity contribution >= 4 is 17.3 Å². The molecule has 0 unspecified atom stereocenters. The van der Waals surface area contributed by atoms with Gasteiger partial charge in [-0.25, -0.2) is 4.39 Å². The largest absolute Gasteiger partial charge is 0.411 e. The Balaban J connectivity index is 2.10. The third-order valence-corrected chi connectivity index (χ3v) is 2.82. The average molecular weight is 272 g/mol. The minimum atomic E-state index is -0.385. The van der Waals surface area contributed by atoms with Crippen molar-refractivity contribution in [1.29, 1.82) is 0 Å². The smallest absolute Gasteiger partial charge is 0.255 e. The first-order valence-corrected chi connectivity index (χ1v) is 5.96. The molecule has 2 rings (SSSR count). The molecule has 2 aromatic carbocycles. The van der Waals surface area contributed by atoms with Crippen molar-refractivity contribution in [2.24, 2.45) is 5.16 Å². The van der Waals surface area contributed by atoms with E-state index in [1.807, 2.05) is 0 Å². The maximum Gasteiger partial charge on any atom is 0.255 e. The normalized spacial score (nSPS) is 11.2. The summed E-state index contributed by atoms with van der Waals surface area (Å²) in [4.78, 5) is 11.9. The van der Waals surface area contributed by atoms with Gasteiger partial charge in [-0.15, -0.1) is 0 Å². The fourth-order valence-electron chi connectivity index (χ4n) is 1.66. The molecule has 0 spiro atoms. The van der Waals surface area contributed by atoms with Gasteiger partial charge >= 0.3 is 0 Å². The lowest BCUT2D eigenvalue weighted by Gasteiger charge is -2.06. The zero-order valence-electron chi connectivity index (χ0n) is 10.8. The number of hydrogen-bond acceptors (Lipinski definition) is 3. The second-order valence-electron chi connectivity index (χ2n) is 4.22. The molecule has 0 bridgehead atoms. The summed E-state index contributed by atoms with van der Waals surface area (Å²) in [6.45, 7) is 1.67. The van der Waals surface area contributed by atoms with Crippen LogP contribution in [0.1, 0.15) is 22.8 Å². The molecule has 0 saturated carbocycles. The van der Waals surface area contributed by atoms with Crippen LogP contribution in [0.25, 0.3) is 0 Å². The predicted octanol–water partition coefficient (Wildman–Crippen LogP) is 3.28. The summed E-state index contributed by atoms with van der Waals surface area (Å²) in [5.74, 6) is -0.699. The molecule has 0 aliphatic carbocycles. The molecular weight excluding hydrogens is 259 g/mol. The van der Waals surface area contributed by atoms with E-state index in [4.69, 9.17) is 5.21 Å². The summed E-state index contributed by atoms with van der Waals surface area (Å²) in [6.07, 6.45) is 0. The maximum atomic E-state index is 12.8. The summed E-state index contributed by atoms with van der Waals surface area (Å²) in [5.41, 5.74) is 2.23. The van der Waals surface area contributed by atoms with E-state index in [0.29, 0.717) is 17.0 Å². The van der Waals surface area contributed by atoms with Crippen LogP contribution in [0.15, 0.2) is 53.7 Å². The minimum absolute atomic E-state index is 0.315. The summed E-state index contributed by atoms with van der Waals surface area (Å²) < 4.78 is 12.8. The molecule has 0 heterocycles. The Hall–Kier alpha value is -2.69. The van der Waals surface area contributed by atoms with Crippen LogP contribution in [0.4, 0.5) is 10.1 Å². The quantitative estimate of drug-likeness (QED) is 0.511. The number of amides is 1. The van der Waals surface area contributed by atoms with Gasteiger partial charge in [-0.3, -0.25) is 4.79 Å². The number of benzene rings is 2. The molecule has 0 fully saturated rings. The summed E-state index contributed by atoms with van der Waals surface area (Å²) in [6, 6.07) is 12.2. The van der Waals surface area contributed by atoms with Gasteiger partial charge in [0.25, 0.3) is 5.91 Å². The van der Waals surface area contributed by atoms with Crippen molar-refractivity contribution in [3.63, 3.8) is 0 Å². The Labute approximate surface area is 115 Å². The van der Waals surface area contributed by atoms with Gasteiger partial charge in [-0.1, -0.05) is 17.3 Å². The molecule has 0 aliphatic rings. The lowest BCUT2D eigenvalue weighted by atomic mass is 10.1. The van der Waals surface area contributed by atoms with Crippen molar-refractivity contribution in [3.05, 3.63) is 65.5 Å². The third-order valence-electron chi connectivity index (χ3n) is 2.82. The first-order valence-electron chi connectivity index (χ1n) is 5.96. The van der Waals surface area contributed by atoms with Crippen LogP contribution >= 0.6 is 0 Å². The van der Waals surface area contributed by atoms with Gasteiger partial charge in [-0.05, 0) is 48.9 Å². The average Bonchev–Trinajstić information content (AvgIpc) is 2.48. The fourth-order valence-corrected chi connectivity index (χ4v) is 1.66. The van der Waals surface area contributed by atoms with E-state index in [0.717, 1.165) is 5.56 Å². The molecule has 5 heteroatoms. The molecule has 102 valence electrons. The van der Waals surface area contributed by atoms with E-state index >= 15 is 0 Å². The van der Waals surface area contributed by atoms with E-state index in [2.05, 4.69) is 10.5 Å². The highest BCUT2D eigenvalue weighted by Crippen LogP contribution is 2.12. The van der Waals surface area contributed by atoms with Crippen molar-refractivity contribution in [1.82, 2.24) is 0 Å². The fraction of sp³-hybridized carbons (Fsp3) is 0.0667. The lowest BCUT2D eigenvalue weighted by Crippen LogP contribution is -2.11. The summed E-state index contributed by atoms with van der Waals surface area (Å²) in [7, 11) is 0. The van der Waals surface area contributed by atoms with Gasteiger partial charge in [0.1, 0.15) is 5.82 Å². The van der Waals surface area contributed by atoms with Crippen LogP contribution in [-0.4, -0.2) is 16.8 Å². The van der Waals surface area contributed by atoms with E-state index in [1.54, 1.807) is 31.2 Å². The van der Waals surface area contributed by atoms with Gasteiger partial charge in [0.2, 0.25) is 0 Å². The number of nitrogens with zero attached hydrogens (tertiary/aromatic N) is 1. The van der Waals surface area contributed by atoms with Gasteiger partial charge in [0.15, 0.2) is 0 Å². The maximum absolute atomic E-state index is 12.8. The van der Waals surface area contributed by atoms with Gasteiger partial charge < -0.3 is 10.5 Å². The first kappa shape index (κ1) is 13.7. The first-order chi connectivity index (χ1) is 9.60. The second kappa shape index (κ2) is 5.97. The van der Waals surface area contributed by atoms with Gasteiger partial charge in [0.05, 0.1) is 5.71 Å². The molecule has 0 aliphatic heterocycles. The number of hydrogen-bond donors (Lipinski definition) is 2. The van der Waals surface area contributed by atoms with Crippen molar-refractivity contribution in [2.45, 2.75) is 6.92 Å². The molecule has 4 nitrogen and oxygen atoms in total. The Morgan fingerprint density at radius 3 is 2.15 bits per heavy atom. The number of carbonyl (C=O) groups is 1. The number of oxime groups is 1. The number of nitrogens with one attached hydrogen (secondary N) is 1. The Morgan fingerprint density at radius 2 is 1.60 bits per heavy atom. The standard InChI is InChI=1S/C15H13FN2O2/c1-10(18-20)11-4-8-14(9-5-11)17-15(19)12-2-6-13(16)7-3-12/h2-9,20H,1H3,(H,17,19)/b18-10+. The molecule has 0 aromatic heterocycles. The van der Waals surface area contributed by atoms with E-state index in [9.17, 15) is 9.18 Å². The second-order valence-corrected chi connectivity index (χ2v) is 4.22. The van der Waals surface area contributed by atoms with Crippen molar-refractivity contribution < 1.29 is 14.4 Å². The van der Waals surface area contributed by atoms with Crippen molar-refractivity contribution in [2.75, 3.05) is 5.32 Å². The molecule has 1 amide bonds. The minimum Gasteiger partial charge on any atom is -0.411 e. The van der Waals surface area contributed by atoms with Crippen molar-refractivity contribution in [3.8, 4) is 0 Å². The predicted molar refractivity (Wildman–Crippen MR) is 74.8 cm³/mol. The molecule has 0 radical (unpaired) electrons. The number of rotatable bonds is 3. The van der Waals surface area contributed by atoms with Crippen LogP contribution in [-0.2, 0) is 0 Å². The van der Waals surface area contributed by atoms with Gasteiger partial charge in [-0.2, -0.15) is 0 Å². The Kier molecular flexibility index (Phi) is 4.10. The number of halogens is 1. The van der Waals surface area contributed by atoms with Crippen LogP contribution in [0, 0.1) is 5.82 Å². The molecule has 20 heavy (non-hydrogen) atoms. The van der Waals surface area contributed by atoms with Gasteiger partial charge in [0, 0.05) is 11.3 Å². The number of carbonyl (C=O) groups excluding carboxylic acids is 1. The molecule has 0 saturated heterocycles. The highest BCUT2D eigenvalue weighted by atomic mass is 19.1. The highest BCUT2D eigenvalue weighted by molar-refractivity contribution is 6.04. The summed E-state index contributed by atoms with van der Waals surface area (Å²) in [5, 5.41) is 14.5. The van der Waals surface area contributed by atoms with Crippen LogP contribution in [0.5, 0.6) is 0 Å². The third kappa shape index (κ3) is 3.20. The van der Waals surface area contributed by atoms with Crippen LogP contribution < -0.4 is 5.32 Å². The Morgan fingerprint density at radius 1 is 1.05 bits per heavy atom. The topological polar surface area (TPSA) is 61.7 Å². The van der Waals surface area contributed by atoms with Crippen LogP contribution in [0.3, 0.4) is 0 Å². The molecule has 0 atom stereocenters. The highest BCUT2D eigenvalue weighted by Gasteiger charge is 2.06. The molecule has 2 N–H and O–H groups in total. The SMILES string of the molecule is C/C(=N\O)c1ccc(NC(=O)c2ccc(F)cc2)cc1. The van der Waals surface area contributed by atoms with E-state index < -0.39 is 0 Å². The lowest BCUT2D eigenvalue weighted by molar-refractivity contribution is 0.102. The Bertz CT molecular complexity index is 634. The van der Waals surface area contributed by atoms with Crippen LogP contribution in [0.2, 0.25) is 0 Å². The zero-order chi connectivity index (χ0) is 14.5. The molecule has 2 aromatic rings. The van der Waals surface area contributed by atoms with E-state index in [1.165, 1.54) is 24.3 Å². The molecular formula is C15H13FN2O2. The monoisotopic (exact) mass is 272 g/mol. The summed E-state index contributed by atoms with van der Waals surface area (Å²) >= 11 is 0. The number of anilines is 1. The zero-order valence-corrected chi connectivity index (χ0v) is 10.8. The van der Waals surface area contributed by atoms with E-state index in [-0.39, 0.29) is 11.7 Å².